The molecule has 0 aliphatic carbocycles. The van der Waals surface area contributed by atoms with Gasteiger partial charge >= 0.3 is 6.17 Å². The molecular weight excluding hydrogens is 178 g/mol. The van der Waals surface area contributed by atoms with Crippen molar-refractivity contribution in [1.29, 1.82) is 5.26 Å². The van der Waals surface area contributed by atoms with Gasteiger partial charge in [0.25, 0.3) is 0 Å². The maximum Gasteiger partial charge on any atom is 0.316 e. The summed E-state index contributed by atoms with van der Waals surface area (Å²) in [5, 5.41) is 19.7. The Morgan fingerprint density at radius 1 is 1.92 bits per heavy atom. The molecule has 0 spiro atoms. The van der Waals surface area contributed by atoms with Crippen molar-refractivity contribution in [2.45, 2.75) is 25.6 Å². The van der Waals surface area contributed by atoms with Crippen molar-refractivity contribution in [3.05, 3.63) is 10.1 Å². The zero-order valence-electron chi connectivity index (χ0n) is 7.04. The van der Waals surface area contributed by atoms with Gasteiger partial charge in [-0.3, -0.25) is 15.0 Å². The van der Waals surface area contributed by atoms with Gasteiger partial charge in [-0.1, -0.05) is 0 Å². The first-order valence-corrected chi connectivity index (χ1v) is 3.81. The Morgan fingerprint density at radius 2 is 2.62 bits per heavy atom. The number of hydrogen-bond acceptors (Lipinski definition) is 6. The Balaban J connectivity index is 2.60. The summed E-state index contributed by atoms with van der Waals surface area (Å²) in [4.78, 5) is 19.6. The van der Waals surface area contributed by atoms with Crippen molar-refractivity contribution in [2.75, 3.05) is 6.61 Å². The quantitative estimate of drug-likeness (QED) is 0.458. The fourth-order valence-electron chi connectivity index (χ4n) is 0.999. The number of hydroxylamine groups is 2. The van der Waals surface area contributed by atoms with Crippen LogP contribution in [0.2, 0.25) is 0 Å². The standard InChI is InChI=1S/C6H9N3O4/c1-2-12-9-6(8(10)11)3-5(4-7)13-9/h5-6H,2-3H2,1H3. The van der Waals surface area contributed by atoms with Gasteiger partial charge in [0.1, 0.15) is 0 Å². The molecule has 2 unspecified atom stereocenters. The first-order valence-electron chi connectivity index (χ1n) is 3.81. The third-order valence-corrected chi connectivity index (χ3v) is 1.54. The Kier molecular flexibility index (Phi) is 3.13. The van der Waals surface area contributed by atoms with Gasteiger partial charge in [-0.25, -0.2) is 4.84 Å². The molecular formula is C6H9N3O4. The Hall–Kier alpha value is -1.23. The van der Waals surface area contributed by atoms with Gasteiger partial charge < -0.3 is 0 Å². The molecule has 7 heteroatoms. The molecule has 0 amide bonds. The van der Waals surface area contributed by atoms with Gasteiger partial charge in [0.15, 0.2) is 6.10 Å². The highest BCUT2D eigenvalue weighted by Crippen LogP contribution is 2.20. The molecule has 13 heavy (non-hydrogen) atoms. The van der Waals surface area contributed by atoms with Gasteiger partial charge in [0.05, 0.1) is 19.1 Å². The average molecular weight is 187 g/mol. The third kappa shape index (κ3) is 2.12. The zero-order valence-corrected chi connectivity index (χ0v) is 7.04. The van der Waals surface area contributed by atoms with Crippen LogP contribution < -0.4 is 0 Å². The van der Waals surface area contributed by atoms with Crippen molar-refractivity contribution in [1.82, 2.24) is 5.23 Å². The average Bonchev–Trinajstić information content (AvgIpc) is 2.48. The number of nitro groups is 1. The lowest BCUT2D eigenvalue weighted by molar-refractivity contribution is -0.598. The van der Waals surface area contributed by atoms with Gasteiger partial charge in [-0.2, -0.15) is 5.26 Å². The number of rotatable bonds is 3. The summed E-state index contributed by atoms with van der Waals surface area (Å²) >= 11 is 0. The monoisotopic (exact) mass is 187 g/mol. The van der Waals surface area contributed by atoms with Gasteiger partial charge in [-0.05, 0) is 6.92 Å². The van der Waals surface area contributed by atoms with Crippen LogP contribution in [0.15, 0.2) is 0 Å². The van der Waals surface area contributed by atoms with Crippen molar-refractivity contribution in [3.8, 4) is 6.07 Å². The van der Waals surface area contributed by atoms with Crippen LogP contribution in [0, 0.1) is 21.4 Å². The molecule has 0 aromatic heterocycles. The molecule has 7 nitrogen and oxygen atoms in total. The van der Waals surface area contributed by atoms with Crippen LogP contribution in [0.3, 0.4) is 0 Å². The van der Waals surface area contributed by atoms with Gasteiger partial charge in [0.2, 0.25) is 0 Å². The molecule has 1 heterocycles. The Bertz CT molecular complexity index is 239. The molecule has 0 aromatic carbocycles. The molecule has 72 valence electrons. The second-order valence-corrected chi connectivity index (χ2v) is 2.43. The van der Waals surface area contributed by atoms with Crippen LogP contribution in [-0.4, -0.2) is 29.0 Å². The van der Waals surface area contributed by atoms with Crippen molar-refractivity contribution in [3.63, 3.8) is 0 Å². The maximum atomic E-state index is 10.4. The summed E-state index contributed by atoms with van der Waals surface area (Å²) in [5.74, 6) is 0. The summed E-state index contributed by atoms with van der Waals surface area (Å²) < 4.78 is 0. The highest BCUT2D eigenvalue weighted by Gasteiger charge is 2.43. The minimum Gasteiger partial charge on any atom is -0.269 e. The smallest absolute Gasteiger partial charge is 0.269 e. The molecule has 0 saturated carbocycles. The van der Waals surface area contributed by atoms with Gasteiger partial charge in [0, 0.05) is 10.1 Å². The van der Waals surface area contributed by atoms with E-state index in [0.29, 0.717) is 0 Å². The van der Waals surface area contributed by atoms with E-state index in [0.717, 1.165) is 5.23 Å². The molecule has 0 aromatic rings. The molecule has 0 N–H and O–H groups in total. The molecule has 2 atom stereocenters. The predicted molar refractivity (Wildman–Crippen MR) is 39.4 cm³/mol. The highest BCUT2D eigenvalue weighted by molar-refractivity contribution is 4.87. The van der Waals surface area contributed by atoms with Crippen LogP contribution in [0.25, 0.3) is 0 Å². The molecule has 1 rings (SSSR count). The topological polar surface area (TPSA) is 88.6 Å². The molecule has 0 radical (unpaired) electrons. The number of nitriles is 1. The summed E-state index contributed by atoms with van der Waals surface area (Å²) in [6, 6.07) is 1.79. The third-order valence-electron chi connectivity index (χ3n) is 1.54. The molecule has 1 aliphatic heterocycles. The molecule has 1 saturated heterocycles. The first kappa shape index (κ1) is 9.85. The van der Waals surface area contributed by atoms with E-state index in [9.17, 15) is 10.1 Å². The predicted octanol–water partition coefficient (Wildman–Crippen LogP) is 0.0702. The van der Waals surface area contributed by atoms with E-state index in [1.165, 1.54) is 0 Å². The van der Waals surface area contributed by atoms with Gasteiger partial charge in [-0.15, -0.1) is 0 Å². The van der Waals surface area contributed by atoms with E-state index in [1.54, 1.807) is 13.0 Å². The van der Waals surface area contributed by atoms with Crippen molar-refractivity contribution < 1.29 is 14.6 Å². The van der Waals surface area contributed by atoms with E-state index in [-0.39, 0.29) is 13.0 Å². The van der Waals surface area contributed by atoms with E-state index in [1.807, 2.05) is 0 Å². The number of hydrogen-bond donors (Lipinski definition) is 0. The minimum atomic E-state index is -1.08. The summed E-state index contributed by atoms with van der Waals surface area (Å²) in [6.07, 6.45) is -1.84. The van der Waals surface area contributed by atoms with E-state index < -0.39 is 17.2 Å². The van der Waals surface area contributed by atoms with Crippen LogP contribution in [-0.2, 0) is 9.68 Å². The van der Waals surface area contributed by atoms with E-state index in [4.69, 9.17) is 14.9 Å². The second kappa shape index (κ2) is 4.13. The lowest BCUT2D eigenvalue weighted by atomic mass is 10.2. The SMILES string of the molecule is CCON1OC(C#N)CC1[N+](=O)[O-]. The van der Waals surface area contributed by atoms with Crippen LogP contribution in [0.1, 0.15) is 13.3 Å². The normalized spacial score (nSPS) is 28.6. The molecule has 0 bridgehead atoms. The lowest BCUT2D eigenvalue weighted by Crippen LogP contribution is -2.34. The van der Waals surface area contributed by atoms with Crippen LogP contribution >= 0.6 is 0 Å². The minimum absolute atomic E-state index is 0.0312. The zero-order chi connectivity index (χ0) is 9.84. The first-order chi connectivity index (χ1) is 6.19. The van der Waals surface area contributed by atoms with Crippen LogP contribution in [0.5, 0.6) is 0 Å². The lowest BCUT2D eigenvalue weighted by Gasteiger charge is -2.13. The second-order valence-electron chi connectivity index (χ2n) is 2.43. The Labute approximate surface area is 74.5 Å². The van der Waals surface area contributed by atoms with E-state index >= 15 is 0 Å². The summed E-state index contributed by atoms with van der Waals surface area (Å²) in [7, 11) is 0. The van der Waals surface area contributed by atoms with Crippen LogP contribution in [0.4, 0.5) is 0 Å². The number of nitrogens with zero attached hydrogens (tertiary/aromatic N) is 3. The maximum absolute atomic E-state index is 10.4. The fraction of sp³-hybridized carbons (Fsp3) is 0.833. The van der Waals surface area contributed by atoms with Crippen molar-refractivity contribution in [2.24, 2.45) is 0 Å². The van der Waals surface area contributed by atoms with E-state index in [2.05, 4.69) is 0 Å². The van der Waals surface area contributed by atoms with Crippen molar-refractivity contribution >= 4 is 0 Å². The summed E-state index contributed by atoms with van der Waals surface area (Å²) in [5.41, 5.74) is 0. The largest absolute Gasteiger partial charge is 0.316 e. The summed E-state index contributed by atoms with van der Waals surface area (Å²) in [6.45, 7) is 1.95. The Morgan fingerprint density at radius 3 is 3.08 bits per heavy atom. The molecule has 1 aliphatic rings. The molecule has 1 fully saturated rings. The fourth-order valence-corrected chi connectivity index (χ4v) is 0.999. The highest BCUT2D eigenvalue weighted by atomic mass is 17.0.